The zero-order chi connectivity index (χ0) is 24.6. The Labute approximate surface area is 208 Å². The van der Waals surface area contributed by atoms with Crippen LogP contribution in [-0.2, 0) is 0 Å². The Morgan fingerprint density at radius 2 is 1.57 bits per heavy atom. The fourth-order valence-electron chi connectivity index (χ4n) is 5.04. The van der Waals surface area contributed by atoms with Crippen molar-refractivity contribution in [3.63, 3.8) is 0 Å². The number of aromatic hydroxyl groups is 1. The summed E-state index contributed by atoms with van der Waals surface area (Å²) in [6.07, 6.45) is 10.4. The molecule has 1 aliphatic carbocycles. The number of carbonyl (C=O) groups is 2. The summed E-state index contributed by atoms with van der Waals surface area (Å²) in [7, 11) is 0. The van der Waals surface area contributed by atoms with Crippen LogP contribution in [0.2, 0.25) is 0 Å². The molecule has 0 spiro atoms. The van der Waals surface area contributed by atoms with Gasteiger partial charge in [0.25, 0.3) is 0 Å². The number of carbonyl (C=O) groups excluding carboxylic acids is 2. The Kier molecular flexibility index (Phi) is 8.36. The smallest absolute Gasteiger partial charge is 0.343 e. The first-order valence-electron chi connectivity index (χ1n) is 12.8. The number of esters is 1. The van der Waals surface area contributed by atoms with Gasteiger partial charge in [0.05, 0.1) is 11.1 Å². The molecule has 0 amide bonds. The molecule has 4 nitrogen and oxygen atoms in total. The summed E-state index contributed by atoms with van der Waals surface area (Å²) in [6, 6.07) is 20.8. The van der Waals surface area contributed by atoms with Gasteiger partial charge in [-0.15, -0.1) is 0 Å². The van der Waals surface area contributed by atoms with Gasteiger partial charge in [-0.25, -0.2) is 4.79 Å². The average molecular weight is 471 g/mol. The largest absolute Gasteiger partial charge is 0.507 e. The third kappa shape index (κ3) is 6.39. The molecule has 0 radical (unpaired) electrons. The van der Waals surface area contributed by atoms with Gasteiger partial charge in [0.15, 0.2) is 5.78 Å². The van der Waals surface area contributed by atoms with Gasteiger partial charge in [0.1, 0.15) is 11.5 Å². The second kappa shape index (κ2) is 11.8. The van der Waals surface area contributed by atoms with Crippen molar-refractivity contribution in [2.75, 3.05) is 0 Å². The first-order valence-corrected chi connectivity index (χ1v) is 12.8. The first kappa shape index (κ1) is 24.7. The molecule has 182 valence electrons. The summed E-state index contributed by atoms with van der Waals surface area (Å²) in [5, 5.41) is 10.4. The van der Waals surface area contributed by atoms with E-state index in [1.807, 2.05) is 30.3 Å². The van der Waals surface area contributed by atoms with Crippen LogP contribution >= 0.6 is 0 Å². The van der Waals surface area contributed by atoms with E-state index in [2.05, 4.69) is 6.92 Å². The fourth-order valence-corrected chi connectivity index (χ4v) is 5.04. The standard InChI is InChI=1S/C31H34O4/c1-2-3-5-8-22-11-13-23(14-12-22)24-15-17-26(18-16-24)31(34)35-27-19-20-28(29(32)21-27)30(33)25-9-6-4-7-10-25/h4,6-7,9-10,15-23,32H,2-3,5,8,11-14H2,1H3/t22-,23-. The number of ether oxygens (including phenoxy) is 1. The summed E-state index contributed by atoms with van der Waals surface area (Å²) in [5.41, 5.74) is 2.40. The van der Waals surface area contributed by atoms with Gasteiger partial charge < -0.3 is 9.84 Å². The summed E-state index contributed by atoms with van der Waals surface area (Å²) in [4.78, 5) is 25.2. The lowest BCUT2D eigenvalue weighted by atomic mass is 9.77. The monoisotopic (exact) mass is 470 g/mol. The maximum absolute atomic E-state index is 12.7. The van der Waals surface area contributed by atoms with E-state index in [4.69, 9.17) is 4.74 Å². The van der Waals surface area contributed by atoms with Crippen LogP contribution in [0.4, 0.5) is 0 Å². The van der Waals surface area contributed by atoms with Crippen molar-refractivity contribution >= 4 is 11.8 Å². The molecule has 0 saturated heterocycles. The van der Waals surface area contributed by atoms with Crippen molar-refractivity contribution in [3.05, 3.63) is 95.1 Å². The van der Waals surface area contributed by atoms with Crippen molar-refractivity contribution in [2.24, 2.45) is 5.92 Å². The van der Waals surface area contributed by atoms with Gasteiger partial charge in [-0.2, -0.15) is 0 Å². The number of benzene rings is 3. The number of unbranched alkanes of at least 4 members (excludes halogenated alkanes) is 2. The third-order valence-corrected chi connectivity index (χ3v) is 7.14. The highest BCUT2D eigenvalue weighted by Crippen LogP contribution is 2.38. The van der Waals surface area contributed by atoms with Gasteiger partial charge in [0, 0.05) is 11.6 Å². The van der Waals surface area contributed by atoms with E-state index >= 15 is 0 Å². The molecule has 4 rings (SSSR count). The SMILES string of the molecule is CCCCC[C@H]1CC[C@H](c2ccc(C(=O)Oc3ccc(C(=O)c4ccccc4)c(O)c3)cc2)CC1. The van der Waals surface area contributed by atoms with Gasteiger partial charge in [0.2, 0.25) is 0 Å². The molecule has 1 N–H and O–H groups in total. The molecule has 4 heteroatoms. The van der Waals surface area contributed by atoms with Gasteiger partial charge in [-0.3, -0.25) is 4.79 Å². The van der Waals surface area contributed by atoms with E-state index in [1.54, 1.807) is 24.3 Å². The fraction of sp³-hybridized carbons (Fsp3) is 0.355. The Bertz CT molecular complexity index is 1130. The highest BCUT2D eigenvalue weighted by molar-refractivity contribution is 6.10. The van der Waals surface area contributed by atoms with Crippen molar-refractivity contribution in [2.45, 2.75) is 64.2 Å². The second-order valence-electron chi connectivity index (χ2n) is 9.60. The minimum absolute atomic E-state index is 0.167. The van der Waals surface area contributed by atoms with Crippen molar-refractivity contribution in [3.8, 4) is 11.5 Å². The number of hydrogen-bond acceptors (Lipinski definition) is 4. The maximum Gasteiger partial charge on any atom is 0.343 e. The number of rotatable bonds is 9. The Balaban J connectivity index is 1.33. The molecular formula is C31H34O4. The van der Waals surface area contributed by atoms with Crippen LogP contribution < -0.4 is 4.74 Å². The number of phenolic OH excluding ortho intramolecular Hbond substituents is 1. The summed E-state index contributed by atoms with van der Waals surface area (Å²) < 4.78 is 5.46. The van der Waals surface area contributed by atoms with E-state index in [0.29, 0.717) is 17.0 Å². The summed E-state index contributed by atoms with van der Waals surface area (Å²) in [5.74, 6) is 0.642. The van der Waals surface area contributed by atoms with Gasteiger partial charge >= 0.3 is 5.97 Å². The molecule has 0 heterocycles. The minimum atomic E-state index is -0.488. The predicted octanol–water partition coefficient (Wildman–Crippen LogP) is 7.70. The number of ketones is 1. The zero-order valence-corrected chi connectivity index (χ0v) is 20.4. The molecule has 0 aliphatic heterocycles. The van der Waals surface area contributed by atoms with Crippen LogP contribution in [0.1, 0.15) is 96.1 Å². The molecule has 0 bridgehead atoms. The van der Waals surface area contributed by atoms with Crippen LogP contribution in [0.3, 0.4) is 0 Å². The van der Waals surface area contributed by atoms with Gasteiger partial charge in [-0.1, -0.05) is 75.1 Å². The van der Waals surface area contributed by atoms with E-state index in [-0.39, 0.29) is 22.8 Å². The van der Waals surface area contributed by atoms with E-state index < -0.39 is 5.97 Å². The van der Waals surface area contributed by atoms with Crippen molar-refractivity contribution < 1.29 is 19.4 Å². The second-order valence-corrected chi connectivity index (χ2v) is 9.60. The van der Waals surface area contributed by atoms with E-state index in [1.165, 1.54) is 75.1 Å². The van der Waals surface area contributed by atoms with Crippen LogP contribution in [-0.4, -0.2) is 16.9 Å². The Morgan fingerprint density at radius 1 is 0.857 bits per heavy atom. The van der Waals surface area contributed by atoms with E-state index in [0.717, 1.165) is 5.92 Å². The highest BCUT2D eigenvalue weighted by Gasteiger charge is 2.22. The van der Waals surface area contributed by atoms with Crippen molar-refractivity contribution in [1.82, 2.24) is 0 Å². The third-order valence-electron chi connectivity index (χ3n) is 7.14. The average Bonchev–Trinajstić information content (AvgIpc) is 2.89. The molecule has 1 fully saturated rings. The minimum Gasteiger partial charge on any atom is -0.507 e. The number of phenols is 1. The maximum atomic E-state index is 12.7. The quantitative estimate of drug-likeness (QED) is 0.151. The molecular weight excluding hydrogens is 436 g/mol. The van der Waals surface area contributed by atoms with Crippen LogP contribution in [0.5, 0.6) is 11.5 Å². The zero-order valence-electron chi connectivity index (χ0n) is 20.4. The molecule has 3 aromatic rings. The lowest BCUT2D eigenvalue weighted by molar-refractivity contribution is 0.0734. The lowest BCUT2D eigenvalue weighted by Gasteiger charge is -2.29. The van der Waals surface area contributed by atoms with Crippen LogP contribution in [0.25, 0.3) is 0 Å². The normalized spacial score (nSPS) is 17.6. The van der Waals surface area contributed by atoms with Crippen molar-refractivity contribution in [1.29, 1.82) is 0 Å². The van der Waals surface area contributed by atoms with Crippen LogP contribution in [0, 0.1) is 5.92 Å². The molecule has 1 saturated carbocycles. The van der Waals surface area contributed by atoms with E-state index in [9.17, 15) is 14.7 Å². The highest BCUT2D eigenvalue weighted by atomic mass is 16.5. The van der Waals surface area contributed by atoms with Crippen LogP contribution in [0.15, 0.2) is 72.8 Å². The number of hydrogen-bond donors (Lipinski definition) is 1. The first-order chi connectivity index (χ1) is 17.0. The molecule has 0 atom stereocenters. The summed E-state index contributed by atoms with van der Waals surface area (Å²) in [6.45, 7) is 2.26. The van der Waals surface area contributed by atoms with Gasteiger partial charge in [-0.05, 0) is 67.3 Å². The molecule has 1 aliphatic rings. The molecule has 3 aromatic carbocycles. The Morgan fingerprint density at radius 3 is 2.23 bits per heavy atom. The summed E-state index contributed by atoms with van der Waals surface area (Å²) >= 11 is 0. The Hall–Kier alpha value is -3.40. The molecule has 0 aromatic heterocycles. The molecule has 0 unspecified atom stereocenters. The lowest BCUT2D eigenvalue weighted by Crippen LogP contribution is -2.14. The predicted molar refractivity (Wildman–Crippen MR) is 138 cm³/mol. The molecule has 35 heavy (non-hydrogen) atoms. The topological polar surface area (TPSA) is 63.6 Å².